The van der Waals surface area contributed by atoms with Crippen LogP contribution in [-0.4, -0.2) is 7.85 Å². The summed E-state index contributed by atoms with van der Waals surface area (Å²) in [6.07, 6.45) is 2.11. The Kier molecular flexibility index (Phi) is 1.20. The molecule has 1 heterocycles. The van der Waals surface area contributed by atoms with Gasteiger partial charge in [-0.3, -0.25) is 0 Å². The molecule has 0 aliphatic heterocycles. The summed E-state index contributed by atoms with van der Waals surface area (Å²) in [4.78, 5) is 0. The Morgan fingerprint density at radius 3 is 2.86 bits per heavy atom. The van der Waals surface area contributed by atoms with Crippen LogP contribution in [0.1, 0.15) is 5.76 Å². The number of hydrogen-bond donors (Lipinski definition) is 0. The van der Waals surface area contributed by atoms with Crippen LogP contribution < -0.4 is 0 Å². The highest BCUT2D eigenvalue weighted by molar-refractivity contribution is 6.08. The van der Waals surface area contributed by atoms with Gasteiger partial charge in [-0.05, 0) is 18.5 Å². The monoisotopic (exact) mass is 92.0 g/mol. The zero-order valence-electron chi connectivity index (χ0n) is 3.92. The quantitative estimate of drug-likeness (QED) is 0.470. The van der Waals surface area contributed by atoms with Crippen LogP contribution in [0.2, 0.25) is 0 Å². The average Bonchev–Trinajstić information content (AvgIpc) is 2.14. The molecule has 0 unspecified atom stereocenters. The fraction of sp³-hybridized carbons (Fsp3) is 0.200. The molecular formula is C5H5BO. The first-order valence-corrected chi connectivity index (χ1v) is 2.16. The van der Waals surface area contributed by atoms with E-state index in [1.807, 2.05) is 12.1 Å². The highest BCUT2D eigenvalue weighted by atomic mass is 16.3. The minimum Gasteiger partial charge on any atom is -0.470 e. The summed E-state index contributed by atoms with van der Waals surface area (Å²) < 4.78 is 4.86. The van der Waals surface area contributed by atoms with E-state index in [0.717, 1.165) is 5.76 Å². The largest absolute Gasteiger partial charge is 0.470 e. The molecule has 0 amide bonds. The molecule has 0 N–H and O–H groups in total. The molecule has 0 aromatic carbocycles. The minimum atomic E-state index is 0.493. The van der Waals surface area contributed by atoms with Gasteiger partial charge in [-0.15, -0.1) is 0 Å². The predicted octanol–water partition coefficient (Wildman–Crippen LogP) is 0.948. The maximum Gasteiger partial charge on any atom is 0.0947 e. The average molecular weight is 91.9 g/mol. The lowest BCUT2D eigenvalue weighted by atomic mass is 10.0. The van der Waals surface area contributed by atoms with Gasteiger partial charge in [0.2, 0.25) is 0 Å². The topological polar surface area (TPSA) is 13.1 Å². The molecule has 0 aliphatic carbocycles. The van der Waals surface area contributed by atoms with E-state index in [0.29, 0.717) is 6.32 Å². The van der Waals surface area contributed by atoms with Gasteiger partial charge in [0.1, 0.15) is 0 Å². The van der Waals surface area contributed by atoms with Gasteiger partial charge >= 0.3 is 0 Å². The van der Waals surface area contributed by atoms with Crippen LogP contribution in [0.25, 0.3) is 0 Å². The highest BCUT2D eigenvalue weighted by Gasteiger charge is 1.84. The van der Waals surface area contributed by atoms with E-state index in [-0.39, 0.29) is 0 Å². The summed E-state index contributed by atoms with van der Waals surface area (Å²) in [6.45, 7) is 0. The van der Waals surface area contributed by atoms with E-state index < -0.39 is 0 Å². The van der Waals surface area contributed by atoms with Crippen molar-refractivity contribution in [1.82, 2.24) is 0 Å². The molecule has 0 saturated heterocycles. The van der Waals surface area contributed by atoms with Crippen LogP contribution >= 0.6 is 0 Å². The van der Waals surface area contributed by atoms with Gasteiger partial charge in [0, 0.05) is 0 Å². The van der Waals surface area contributed by atoms with Crippen LogP contribution in [0.15, 0.2) is 22.8 Å². The summed E-state index contributed by atoms with van der Waals surface area (Å²) in [5, 5.41) is 0. The van der Waals surface area contributed by atoms with Crippen molar-refractivity contribution in [2.45, 2.75) is 6.32 Å². The second-order valence-corrected chi connectivity index (χ2v) is 1.28. The molecule has 7 heavy (non-hydrogen) atoms. The van der Waals surface area contributed by atoms with E-state index in [2.05, 4.69) is 0 Å². The maximum atomic E-state index is 5.20. The van der Waals surface area contributed by atoms with Crippen molar-refractivity contribution in [3.05, 3.63) is 24.2 Å². The van der Waals surface area contributed by atoms with Crippen molar-refractivity contribution in [2.24, 2.45) is 0 Å². The molecule has 2 heteroatoms. The van der Waals surface area contributed by atoms with E-state index in [1.54, 1.807) is 6.26 Å². The Balaban J connectivity index is 2.76. The van der Waals surface area contributed by atoms with Crippen LogP contribution in [-0.2, 0) is 6.32 Å². The van der Waals surface area contributed by atoms with Crippen LogP contribution in [0.3, 0.4) is 0 Å². The normalized spacial score (nSPS) is 9.14. The second kappa shape index (κ2) is 1.87. The van der Waals surface area contributed by atoms with Crippen molar-refractivity contribution in [2.75, 3.05) is 0 Å². The molecule has 1 nitrogen and oxygen atoms in total. The fourth-order valence-corrected chi connectivity index (χ4v) is 0.429. The van der Waals surface area contributed by atoms with Crippen LogP contribution in [0.4, 0.5) is 0 Å². The molecule has 34 valence electrons. The maximum absolute atomic E-state index is 5.20. The highest BCUT2D eigenvalue weighted by Crippen LogP contribution is 1.96. The van der Waals surface area contributed by atoms with Gasteiger partial charge < -0.3 is 4.42 Å². The van der Waals surface area contributed by atoms with Crippen molar-refractivity contribution in [3.63, 3.8) is 0 Å². The molecule has 0 atom stereocenters. The Morgan fingerprint density at radius 2 is 2.57 bits per heavy atom. The molecule has 1 aromatic heterocycles. The smallest absolute Gasteiger partial charge is 0.0947 e. The standard InChI is InChI=1S/C5H5BO/c6-4-5-2-1-3-7-5/h1-3H,4H2. The number of rotatable bonds is 1. The summed E-state index contributed by atoms with van der Waals surface area (Å²) in [7, 11) is 5.20. The molecule has 0 fully saturated rings. The summed E-state index contributed by atoms with van der Waals surface area (Å²) in [6, 6.07) is 3.67. The lowest BCUT2D eigenvalue weighted by Gasteiger charge is -1.79. The van der Waals surface area contributed by atoms with Gasteiger partial charge in [0.15, 0.2) is 0 Å². The van der Waals surface area contributed by atoms with E-state index in [1.165, 1.54) is 0 Å². The summed E-state index contributed by atoms with van der Waals surface area (Å²) >= 11 is 0. The van der Waals surface area contributed by atoms with Gasteiger partial charge in [-0.25, -0.2) is 0 Å². The number of hydrogen-bond acceptors (Lipinski definition) is 1. The molecule has 0 spiro atoms. The SMILES string of the molecule is [B]Cc1ccco1. The third-order valence-electron chi connectivity index (χ3n) is 0.781. The first kappa shape index (κ1) is 4.50. The third-order valence-corrected chi connectivity index (χ3v) is 0.781. The van der Waals surface area contributed by atoms with Gasteiger partial charge in [-0.1, -0.05) is 0 Å². The zero-order valence-corrected chi connectivity index (χ0v) is 3.92. The van der Waals surface area contributed by atoms with Crippen molar-refractivity contribution < 1.29 is 4.42 Å². The van der Waals surface area contributed by atoms with Crippen molar-refractivity contribution in [1.29, 1.82) is 0 Å². The first-order valence-electron chi connectivity index (χ1n) is 2.16. The van der Waals surface area contributed by atoms with E-state index in [9.17, 15) is 0 Å². The Morgan fingerprint density at radius 1 is 1.71 bits per heavy atom. The molecule has 0 bridgehead atoms. The van der Waals surface area contributed by atoms with Crippen LogP contribution in [0, 0.1) is 0 Å². The summed E-state index contributed by atoms with van der Waals surface area (Å²) in [5.74, 6) is 0.833. The second-order valence-electron chi connectivity index (χ2n) is 1.28. The number of furan rings is 1. The summed E-state index contributed by atoms with van der Waals surface area (Å²) in [5.41, 5.74) is 0. The predicted molar refractivity (Wildman–Crippen MR) is 28.2 cm³/mol. The zero-order chi connectivity index (χ0) is 5.11. The molecule has 0 saturated carbocycles. The van der Waals surface area contributed by atoms with Gasteiger partial charge in [0.25, 0.3) is 0 Å². The van der Waals surface area contributed by atoms with Crippen molar-refractivity contribution in [3.8, 4) is 0 Å². The Bertz CT molecular complexity index is 123. The lowest BCUT2D eigenvalue weighted by molar-refractivity contribution is 0.529. The van der Waals surface area contributed by atoms with Crippen LogP contribution in [0.5, 0.6) is 0 Å². The van der Waals surface area contributed by atoms with Crippen molar-refractivity contribution >= 4 is 7.85 Å². The van der Waals surface area contributed by atoms with Gasteiger partial charge in [-0.2, -0.15) is 0 Å². The molecule has 1 rings (SSSR count). The molecule has 1 aromatic rings. The van der Waals surface area contributed by atoms with Gasteiger partial charge in [0.05, 0.1) is 19.9 Å². The molecule has 0 aliphatic rings. The first-order chi connectivity index (χ1) is 3.43. The molecule has 2 radical (unpaired) electrons. The fourth-order valence-electron chi connectivity index (χ4n) is 0.429. The molecular weight excluding hydrogens is 86.9 g/mol. The minimum absolute atomic E-state index is 0.493. The lowest BCUT2D eigenvalue weighted by Crippen LogP contribution is -1.73. The Hall–Kier alpha value is -0.655. The Labute approximate surface area is 43.7 Å². The van der Waals surface area contributed by atoms with E-state index in [4.69, 9.17) is 12.3 Å². The van der Waals surface area contributed by atoms with E-state index >= 15 is 0 Å². The third kappa shape index (κ3) is 0.859.